The van der Waals surface area contributed by atoms with Gasteiger partial charge in [0.2, 0.25) is 0 Å². The van der Waals surface area contributed by atoms with E-state index in [4.69, 9.17) is 11.6 Å². The van der Waals surface area contributed by atoms with Crippen LogP contribution in [0.1, 0.15) is 11.3 Å². The number of rotatable bonds is 0. The highest BCUT2D eigenvalue weighted by Crippen LogP contribution is 2.22. The van der Waals surface area contributed by atoms with Crippen LogP contribution in [0.25, 0.3) is 0 Å². The molecule has 0 atom stereocenters. The maximum absolute atomic E-state index is 5.82. The average molecular weight is 158 g/mol. The minimum Gasteiger partial charge on any atom is -0.307 e. The van der Waals surface area contributed by atoms with Crippen LogP contribution < -0.4 is 5.32 Å². The van der Waals surface area contributed by atoms with E-state index in [1.807, 2.05) is 11.7 Å². The van der Waals surface area contributed by atoms with Crippen LogP contribution in [-0.4, -0.2) is 9.78 Å². The van der Waals surface area contributed by atoms with E-state index in [9.17, 15) is 0 Å². The summed E-state index contributed by atoms with van der Waals surface area (Å²) in [5.74, 6) is 0. The summed E-state index contributed by atoms with van der Waals surface area (Å²) in [6.45, 7) is 1.76. The fourth-order valence-electron chi connectivity index (χ4n) is 1.27. The van der Waals surface area contributed by atoms with E-state index in [0.717, 1.165) is 18.7 Å². The summed E-state index contributed by atoms with van der Waals surface area (Å²) in [5, 5.41) is 7.92. The van der Waals surface area contributed by atoms with Gasteiger partial charge in [0, 0.05) is 25.7 Å². The van der Waals surface area contributed by atoms with Crippen LogP contribution in [0.2, 0.25) is 5.15 Å². The lowest BCUT2D eigenvalue weighted by Crippen LogP contribution is -2.05. The van der Waals surface area contributed by atoms with E-state index in [1.54, 1.807) is 0 Å². The molecule has 0 fully saturated rings. The molecule has 0 saturated heterocycles. The Morgan fingerprint density at radius 2 is 2.40 bits per heavy atom. The van der Waals surface area contributed by atoms with Crippen LogP contribution >= 0.6 is 11.6 Å². The molecule has 0 bridgehead atoms. The highest BCUT2D eigenvalue weighted by Gasteiger charge is 2.18. The molecule has 0 saturated carbocycles. The van der Waals surface area contributed by atoms with Gasteiger partial charge in [-0.3, -0.25) is 4.68 Å². The minimum absolute atomic E-state index is 0.641. The van der Waals surface area contributed by atoms with Crippen LogP contribution in [0, 0.1) is 0 Å². The summed E-state index contributed by atoms with van der Waals surface area (Å²) in [6, 6.07) is 0. The van der Waals surface area contributed by atoms with Crippen molar-refractivity contribution in [1.82, 2.24) is 15.1 Å². The van der Waals surface area contributed by atoms with E-state index < -0.39 is 0 Å². The molecule has 10 heavy (non-hydrogen) atoms. The van der Waals surface area contributed by atoms with E-state index in [-0.39, 0.29) is 0 Å². The second-order valence-corrected chi connectivity index (χ2v) is 2.80. The molecule has 1 aromatic heterocycles. The lowest BCUT2D eigenvalue weighted by atomic mass is 10.3. The van der Waals surface area contributed by atoms with Gasteiger partial charge in [-0.15, -0.1) is 0 Å². The lowest BCUT2D eigenvalue weighted by molar-refractivity contribution is 0.669. The number of hydrogen-bond acceptors (Lipinski definition) is 2. The molecule has 0 aliphatic carbocycles. The van der Waals surface area contributed by atoms with E-state index in [2.05, 4.69) is 10.4 Å². The Kier molecular flexibility index (Phi) is 1.22. The van der Waals surface area contributed by atoms with Crippen molar-refractivity contribution in [2.75, 3.05) is 0 Å². The summed E-state index contributed by atoms with van der Waals surface area (Å²) in [4.78, 5) is 0. The molecule has 1 N–H and O–H groups in total. The molecule has 0 aromatic carbocycles. The third kappa shape index (κ3) is 0.676. The van der Waals surface area contributed by atoms with Crippen LogP contribution in [0.3, 0.4) is 0 Å². The smallest absolute Gasteiger partial charge is 0.155 e. The molecular weight excluding hydrogens is 150 g/mol. The van der Waals surface area contributed by atoms with Gasteiger partial charge in [-0.2, -0.15) is 5.10 Å². The molecule has 0 radical (unpaired) electrons. The number of nitrogens with one attached hydrogen (secondary N) is 1. The Balaban J connectivity index is 2.61. The first-order valence-corrected chi connectivity index (χ1v) is 3.58. The monoisotopic (exact) mass is 157 g/mol. The van der Waals surface area contributed by atoms with Crippen LogP contribution in [0.15, 0.2) is 0 Å². The normalized spacial score (nSPS) is 15.8. The maximum atomic E-state index is 5.82. The zero-order chi connectivity index (χ0) is 7.14. The molecule has 54 valence electrons. The summed E-state index contributed by atoms with van der Waals surface area (Å²) < 4.78 is 1.83. The third-order valence-corrected chi connectivity index (χ3v) is 2.12. The van der Waals surface area contributed by atoms with Crippen molar-refractivity contribution in [1.29, 1.82) is 0 Å². The fourth-order valence-corrected chi connectivity index (χ4v) is 1.56. The molecule has 0 spiro atoms. The van der Waals surface area contributed by atoms with Crippen molar-refractivity contribution in [2.24, 2.45) is 7.05 Å². The Morgan fingerprint density at radius 3 is 3.10 bits per heavy atom. The van der Waals surface area contributed by atoms with Crippen LogP contribution in [0.4, 0.5) is 0 Å². The fraction of sp³-hybridized carbons (Fsp3) is 0.500. The standard InChI is InChI=1S/C6H8ClN3/c1-10-5-3-8-2-4(5)6(7)9-10/h8H,2-3H2,1H3. The van der Waals surface area contributed by atoms with E-state index in [0.29, 0.717) is 5.15 Å². The van der Waals surface area contributed by atoms with Crippen LogP contribution in [0.5, 0.6) is 0 Å². The largest absolute Gasteiger partial charge is 0.307 e. The Hall–Kier alpha value is -0.540. The van der Waals surface area contributed by atoms with Gasteiger partial charge in [0.05, 0.1) is 5.69 Å². The lowest BCUT2D eigenvalue weighted by Gasteiger charge is -1.92. The van der Waals surface area contributed by atoms with Crippen molar-refractivity contribution < 1.29 is 0 Å². The minimum atomic E-state index is 0.641. The summed E-state index contributed by atoms with van der Waals surface area (Å²) in [5.41, 5.74) is 2.37. The molecule has 3 nitrogen and oxygen atoms in total. The number of nitrogens with zero attached hydrogens (tertiary/aromatic N) is 2. The predicted octanol–water partition coefficient (Wildman–Crippen LogP) is 0.677. The molecular formula is C6H8ClN3. The van der Waals surface area contributed by atoms with E-state index in [1.165, 1.54) is 5.69 Å². The third-order valence-electron chi connectivity index (χ3n) is 1.82. The van der Waals surface area contributed by atoms with Crippen molar-refractivity contribution >= 4 is 11.6 Å². The summed E-state index contributed by atoms with van der Waals surface area (Å²) in [6.07, 6.45) is 0. The second-order valence-electron chi connectivity index (χ2n) is 2.44. The molecule has 0 amide bonds. The topological polar surface area (TPSA) is 29.9 Å². The predicted molar refractivity (Wildman–Crippen MR) is 38.8 cm³/mol. The molecule has 2 heterocycles. The van der Waals surface area contributed by atoms with Crippen molar-refractivity contribution in [3.8, 4) is 0 Å². The van der Waals surface area contributed by atoms with Crippen molar-refractivity contribution in [3.05, 3.63) is 16.4 Å². The Bertz CT molecular complexity index is 242. The quantitative estimate of drug-likeness (QED) is 0.600. The van der Waals surface area contributed by atoms with Crippen molar-refractivity contribution in [3.63, 3.8) is 0 Å². The number of aryl methyl sites for hydroxylation is 1. The molecule has 4 heteroatoms. The Morgan fingerprint density at radius 1 is 1.60 bits per heavy atom. The van der Waals surface area contributed by atoms with Gasteiger partial charge in [-0.1, -0.05) is 11.6 Å². The van der Waals surface area contributed by atoms with Crippen LogP contribution in [-0.2, 0) is 20.1 Å². The summed E-state index contributed by atoms with van der Waals surface area (Å²) >= 11 is 5.82. The maximum Gasteiger partial charge on any atom is 0.155 e. The second kappa shape index (κ2) is 1.97. The van der Waals surface area contributed by atoms with Gasteiger partial charge in [-0.25, -0.2) is 0 Å². The average Bonchev–Trinajstić information content (AvgIpc) is 2.39. The molecule has 0 unspecified atom stereocenters. The van der Waals surface area contributed by atoms with Gasteiger partial charge in [0.25, 0.3) is 0 Å². The molecule has 1 aliphatic heterocycles. The van der Waals surface area contributed by atoms with Gasteiger partial charge in [0.1, 0.15) is 0 Å². The molecule has 2 rings (SSSR count). The van der Waals surface area contributed by atoms with E-state index >= 15 is 0 Å². The first-order valence-electron chi connectivity index (χ1n) is 3.20. The summed E-state index contributed by atoms with van der Waals surface area (Å²) in [7, 11) is 1.91. The highest BCUT2D eigenvalue weighted by atomic mass is 35.5. The zero-order valence-electron chi connectivity index (χ0n) is 5.69. The zero-order valence-corrected chi connectivity index (χ0v) is 6.44. The SMILES string of the molecule is Cn1nc(Cl)c2c1CNC2. The number of halogens is 1. The highest BCUT2D eigenvalue weighted by molar-refractivity contribution is 6.30. The van der Waals surface area contributed by atoms with Gasteiger partial charge in [0.15, 0.2) is 5.15 Å². The number of fused-ring (bicyclic) bond motifs is 1. The number of aromatic nitrogens is 2. The Labute approximate surface area is 64.0 Å². The molecule has 1 aromatic rings. The van der Waals surface area contributed by atoms with Crippen molar-refractivity contribution in [2.45, 2.75) is 13.1 Å². The first-order chi connectivity index (χ1) is 4.79. The molecule has 1 aliphatic rings. The number of hydrogen-bond donors (Lipinski definition) is 1. The van der Waals surface area contributed by atoms with Gasteiger partial charge in [-0.05, 0) is 0 Å². The van der Waals surface area contributed by atoms with Gasteiger partial charge >= 0.3 is 0 Å². The first kappa shape index (κ1) is 6.19. The van der Waals surface area contributed by atoms with Gasteiger partial charge < -0.3 is 5.32 Å².